The van der Waals surface area contributed by atoms with Crippen LogP contribution in [0.1, 0.15) is 5.56 Å². The van der Waals surface area contributed by atoms with E-state index in [0.717, 1.165) is 0 Å². The molecule has 0 heterocycles. The summed E-state index contributed by atoms with van der Waals surface area (Å²) in [6, 6.07) is 5.72. The summed E-state index contributed by atoms with van der Waals surface area (Å²) in [4.78, 5) is 2.51. The van der Waals surface area contributed by atoms with Crippen molar-refractivity contribution >= 4 is 5.69 Å². The number of hydrogen-bond donors (Lipinski definition) is 0. The van der Waals surface area contributed by atoms with Gasteiger partial charge < -0.3 is 4.74 Å². The summed E-state index contributed by atoms with van der Waals surface area (Å²) < 4.78 is 69.6. The van der Waals surface area contributed by atoms with E-state index in [2.05, 4.69) is 10.0 Å². The molecule has 0 unspecified atom stereocenters. The van der Waals surface area contributed by atoms with Gasteiger partial charge in [-0.05, 0) is 29.8 Å². The number of azide groups is 1. The first-order chi connectivity index (χ1) is 10.3. The van der Waals surface area contributed by atoms with Crippen molar-refractivity contribution in [2.75, 3.05) is 0 Å². The van der Waals surface area contributed by atoms with Crippen LogP contribution in [0.2, 0.25) is 0 Å². The zero-order valence-electron chi connectivity index (χ0n) is 10.6. The molecule has 0 fully saturated rings. The Bertz CT molecular complexity index is 731. The quantitative estimate of drug-likeness (QED) is 0.309. The SMILES string of the molecule is [N-]=[N+]=Nc1ccccc1Oc1c(F)cc(C(F)(F)F)cc1F. The van der Waals surface area contributed by atoms with Crippen LogP contribution in [0.4, 0.5) is 27.6 Å². The van der Waals surface area contributed by atoms with Crippen molar-refractivity contribution in [1.29, 1.82) is 0 Å². The average molecular weight is 315 g/mol. The molecule has 0 N–H and O–H groups in total. The van der Waals surface area contributed by atoms with Gasteiger partial charge in [-0.25, -0.2) is 8.78 Å². The van der Waals surface area contributed by atoms with E-state index in [-0.39, 0.29) is 23.6 Å². The highest BCUT2D eigenvalue weighted by atomic mass is 19.4. The Morgan fingerprint density at radius 3 is 2.18 bits per heavy atom. The maximum atomic E-state index is 13.7. The molecule has 0 aromatic heterocycles. The van der Waals surface area contributed by atoms with E-state index in [1.54, 1.807) is 0 Å². The smallest absolute Gasteiger partial charge is 0.416 e. The molecule has 0 aliphatic carbocycles. The normalized spacial score (nSPS) is 11.0. The van der Waals surface area contributed by atoms with Gasteiger partial charge in [0.05, 0.1) is 11.3 Å². The van der Waals surface area contributed by atoms with Crippen LogP contribution < -0.4 is 4.74 Å². The Balaban J connectivity index is 2.45. The Kier molecular flexibility index (Phi) is 4.18. The zero-order chi connectivity index (χ0) is 16.3. The van der Waals surface area contributed by atoms with Crippen LogP contribution in [0.5, 0.6) is 11.5 Å². The molecule has 114 valence electrons. The molecule has 22 heavy (non-hydrogen) atoms. The molecule has 0 aliphatic rings. The second-order valence-electron chi connectivity index (χ2n) is 4.03. The third-order valence-corrected chi connectivity index (χ3v) is 2.56. The van der Waals surface area contributed by atoms with Gasteiger partial charge in [0.25, 0.3) is 0 Å². The number of nitrogens with zero attached hydrogens (tertiary/aromatic N) is 3. The topological polar surface area (TPSA) is 58.0 Å². The second-order valence-corrected chi connectivity index (χ2v) is 4.03. The van der Waals surface area contributed by atoms with E-state index in [4.69, 9.17) is 10.3 Å². The van der Waals surface area contributed by atoms with E-state index in [1.165, 1.54) is 24.3 Å². The fourth-order valence-electron chi connectivity index (χ4n) is 1.61. The number of hydrogen-bond acceptors (Lipinski definition) is 2. The summed E-state index contributed by atoms with van der Waals surface area (Å²) >= 11 is 0. The summed E-state index contributed by atoms with van der Waals surface area (Å²) in [7, 11) is 0. The Morgan fingerprint density at radius 1 is 1.05 bits per heavy atom. The maximum absolute atomic E-state index is 13.7. The van der Waals surface area contributed by atoms with E-state index in [1.807, 2.05) is 0 Å². The van der Waals surface area contributed by atoms with Gasteiger partial charge in [-0.15, -0.1) is 0 Å². The number of ether oxygens (including phenoxy) is 1. The van der Waals surface area contributed by atoms with Gasteiger partial charge in [0.15, 0.2) is 17.4 Å². The lowest BCUT2D eigenvalue weighted by molar-refractivity contribution is -0.138. The molecule has 2 aromatic rings. The van der Waals surface area contributed by atoms with E-state index in [0.29, 0.717) is 0 Å². The molecule has 0 saturated carbocycles. The molecule has 9 heteroatoms. The minimum atomic E-state index is -4.89. The standard InChI is InChI=1S/C13H6F5N3O/c14-8-5-7(13(16,17)18)6-9(15)12(8)22-11-4-2-1-3-10(11)20-21-19/h1-6H. The summed E-state index contributed by atoms with van der Waals surface area (Å²) in [5.74, 6) is -4.27. The highest BCUT2D eigenvalue weighted by Crippen LogP contribution is 2.37. The lowest BCUT2D eigenvalue weighted by atomic mass is 10.2. The van der Waals surface area contributed by atoms with Crippen molar-refractivity contribution in [3.05, 3.63) is 64.0 Å². The molecule has 4 nitrogen and oxygen atoms in total. The van der Waals surface area contributed by atoms with E-state index in [9.17, 15) is 22.0 Å². The van der Waals surface area contributed by atoms with Crippen molar-refractivity contribution in [3.63, 3.8) is 0 Å². The molecule has 0 amide bonds. The predicted molar refractivity (Wildman–Crippen MR) is 66.7 cm³/mol. The molecule has 0 radical (unpaired) electrons. The first-order valence-corrected chi connectivity index (χ1v) is 5.71. The molecule has 2 aromatic carbocycles. The molecule has 0 atom stereocenters. The zero-order valence-corrected chi connectivity index (χ0v) is 10.6. The Labute approximate surface area is 120 Å². The molecule has 0 spiro atoms. The largest absolute Gasteiger partial charge is 0.451 e. The van der Waals surface area contributed by atoms with Gasteiger partial charge in [0.2, 0.25) is 0 Å². The van der Waals surface area contributed by atoms with Gasteiger partial charge >= 0.3 is 6.18 Å². The van der Waals surface area contributed by atoms with E-state index < -0.39 is 29.1 Å². The molecule has 0 saturated heterocycles. The van der Waals surface area contributed by atoms with Gasteiger partial charge in [0, 0.05) is 4.91 Å². The highest BCUT2D eigenvalue weighted by Gasteiger charge is 2.33. The monoisotopic (exact) mass is 315 g/mol. The Hall–Kier alpha value is -2.80. The minimum Gasteiger partial charge on any atom is -0.451 e. The van der Waals surface area contributed by atoms with Gasteiger partial charge in [-0.2, -0.15) is 13.2 Å². The van der Waals surface area contributed by atoms with Gasteiger partial charge in [-0.1, -0.05) is 17.2 Å². The third-order valence-electron chi connectivity index (χ3n) is 2.56. The first-order valence-electron chi connectivity index (χ1n) is 5.71. The summed E-state index contributed by atoms with van der Waals surface area (Å²) in [6.07, 6.45) is -4.89. The van der Waals surface area contributed by atoms with Gasteiger partial charge in [0.1, 0.15) is 5.75 Å². The molecular formula is C13H6F5N3O. The van der Waals surface area contributed by atoms with Crippen LogP contribution in [-0.4, -0.2) is 0 Å². The van der Waals surface area contributed by atoms with Crippen molar-refractivity contribution in [2.24, 2.45) is 5.11 Å². The third kappa shape index (κ3) is 3.26. The van der Waals surface area contributed by atoms with Crippen molar-refractivity contribution in [1.82, 2.24) is 0 Å². The number of rotatable bonds is 3. The van der Waals surface area contributed by atoms with Crippen molar-refractivity contribution < 1.29 is 26.7 Å². The number of alkyl halides is 3. The Morgan fingerprint density at radius 2 is 1.64 bits per heavy atom. The predicted octanol–water partition coefficient (Wildman–Crippen LogP) is 5.72. The minimum absolute atomic E-state index is 0.0660. The molecular weight excluding hydrogens is 309 g/mol. The van der Waals surface area contributed by atoms with Crippen LogP contribution in [-0.2, 0) is 6.18 Å². The van der Waals surface area contributed by atoms with Gasteiger partial charge in [-0.3, -0.25) is 0 Å². The molecule has 0 bridgehead atoms. The fraction of sp³-hybridized carbons (Fsp3) is 0.0769. The van der Waals surface area contributed by atoms with Crippen LogP contribution in [0.25, 0.3) is 10.4 Å². The number of benzene rings is 2. The summed E-state index contributed by atoms with van der Waals surface area (Å²) in [5, 5.41) is 3.25. The van der Waals surface area contributed by atoms with E-state index >= 15 is 0 Å². The van der Waals surface area contributed by atoms with Crippen molar-refractivity contribution in [2.45, 2.75) is 6.18 Å². The lowest BCUT2D eigenvalue weighted by Gasteiger charge is -2.12. The molecule has 0 aliphatic heterocycles. The highest BCUT2D eigenvalue weighted by molar-refractivity contribution is 5.53. The maximum Gasteiger partial charge on any atom is 0.416 e. The van der Waals surface area contributed by atoms with Crippen molar-refractivity contribution in [3.8, 4) is 11.5 Å². The number of para-hydroxylation sites is 1. The summed E-state index contributed by atoms with van der Waals surface area (Å²) in [6.45, 7) is 0. The molecule has 2 rings (SSSR count). The summed E-state index contributed by atoms with van der Waals surface area (Å²) in [5.41, 5.74) is 6.84. The average Bonchev–Trinajstić information content (AvgIpc) is 2.43. The van der Waals surface area contributed by atoms with Crippen LogP contribution in [0.3, 0.4) is 0 Å². The lowest BCUT2D eigenvalue weighted by Crippen LogP contribution is -2.07. The van der Waals surface area contributed by atoms with Crippen LogP contribution in [0.15, 0.2) is 41.5 Å². The second kappa shape index (κ2) is 5.90. The van der Waals surface area contributed by atoms with Crippen LogP contribution >= 0.6 is 0 Å². The fourth-order valence-corrected chi connectivity index (χ4v) is 1.61. The first kappa shape index (κ1) is 15.6. The number of halogens is 5. The van der Waals surface area contributed by atoms with Crippen LogP contribution in [0, 0.1) is 11.6 Å².